The fraction of sp³-hybridized carbons (Fsp3) is 0.0833. The fourth-order valence-electron chi connectivity index (χ4n) is 3.34. The molecule has 1 atom stereocenters. The van der Waals surface area contributed by atoms with Gasteiger partial charge < -0.3 is 4.42 Å². The molecule has 2 aromatic heterocycles. The van der Waals surface area contributed by atoms with Crippen LogP contribution in [0.25, 0.3) is 28.0 Å². The third-order valence-corrected chi connectivity index (χ3v) is 6.50. The fourth-order valence-corrected chi connectivity index (χ4v) is 4.59. The van der Waals surface area contributed by atoms with Crippen molar-refractivity contribution in [1.82, 2.24) is 19.7 Å². The molecule has 1 unspecified atom stereocenters. The molecule has 164 valence electrons. The molecule has 3 aromatic carbocycles. The van der Waals surface area contributed by atoms with E-state index in [4.69, 9.17) is 32.6 Å². The summed E-state index contributed by atoms with van der Waals surface area (Å²) < 4.78 is 7.46. The third kappa shape index (κ3) is 4.39. The van der Waals surface area contributed by atoms with E-state index < -0.39 is 0 Å². The van der Waals surface area contributed by atoms with Gasteiger partial charge in [-0.3, -0.25) is 9.36 Å². The van der Waals surface area contributed by atoms with Crippen molar-refractivity contribution in [3.8, 4) is 17.1 Å². The van der Waals surface area contributed by atoms with Gasteiger partial charge >= 0.3 is 0 Å². The molecular formula is C24H16Cl2N4O2S. The van der Waals surface area contributed by atoms with E-state index in [0.717, 1.165) is 5.56 Å². The molecule has 0 radical (unpaired) electrons. The van der Waals surface area contributed by atoms with Gasteiger partial charge in [-0.05, 0) is 61.5 Å². The van der Waals surface area contributed by atoms with Crippen molar-refractivity contribution in [3.63, 3.8) is 0 Å². The minimum Gasteiger partial charge on any atom is -0.419 e. The molecule has 0 bridgehead atoms. The summed E-state index contributed by atoms with van der Waals surface area (Å²) in [4.78, 5) is 18.2. The summed E-state index contributed by atoms with van der Waals surface area (Å²) in [6, 6.07) is 21.6. The molecule has 0 spiro atoms. The average Bonchev–Trinajstić information content (AvgIpc) is 3.31. The van der Waals surface area contributed by atoms with Gasteiger partial charge in [0.1, 0.15) is 0 Å². The second-order valence-corrected chi connectivity index (χ2v) is 9.43. The maximum absolute atomic E-state index is 13.4. The smallest absolute Gasteiger partial charge is 0.266 e. The van der Waals surface area contributed by atoms with Crippen LogP contribution in [-0.4, -0.2) is 19.7 Å². The van der Waals surface area contributed by atoms with Gasteiger partial charge in [0.05, 0.1) is 21.8 Å². The molecule has 0 N–H and O–H groups in total. The summed E-state index contributed by atoms with van der Waals surface area (Å²) in [5.41, 5.74) is 1.80. The number of halogens is 2. The zero-order valence-corrected chi connectivity index (χ0v) is 19.6. The molecule has 9 heteroatoms. The van der Waals surface area contributed by atoms with Gasteiger partial charge in [0.2, 0.25) is 11.8 Å². The van der Waals surface area contributed by atoms with Crippen LogP contribution in [0, 0.1) is 0 Å². The van der Waals surface area contributed by atoms with Crippen LogP contribution >= 0.6 is 35.0 Å². The Kier molecular flexibility index (Phi) is 5.93. The maximum atomic E-state index is 13.4. The monoisotopic (exact) mass is 494 g/mol. The molecular weight excluding hydrogens is 479 g/mol. The van der Waals surface area contributed by atoms with Crippen molar-refractivity contribution in [1.29, 1.82) is 0 Å². The molecule has 0 fully saturated rings. The number of fused-ring (bicyclic) bond motifs is 1. The van der Waals surface area contributed by atoms with Gasteiger partial charge in [0.15, 0.2) is 5.16 Å². The summed E-state index contributed by atoms with van der Waals surface area (Å²) >= 11 is 13.6. The molecule has 6 nitrogen and oxygen atoms in total. The maximum Gasteiger partial charge on any atom is 0.266 e. The van der Waals surface area contributed by atoms with Gasteiger partial charge in [-0.2, -0.15) is 0 Å². The lowest BCUT2D eigenvalue weighted by Gasteiger charge is -2.15. The summed E-state index contributed by atoms with van der Waals surface area (Å²) in [5, 5.41) is 10.1. The Morgan fingerprint density at radius 2 is 1.67 bits per heavy atom. The highest BCUT2D eigenvalue weighted by Crippen LogP contribution is 2.35. The Morgan fingerprint density at radius 3 is 2.42 bits per heavy atom. The highest BCUT2D eigenvalue weighted by molar-refractivity contribution is 7.99. The zero-order valence-electron chi connectivity index (χ0n) is 17.3. The number of nitrogens with zero attached hydrogens (tertiary/aromatic N) is 4. The number of rotatable bonds is 5. The Balaban J connectivity index is 1.58. The quantitative estimate of drug-likeness (QED) is 0.202. The average molecular weight is 495 g/mol. The number of benzene rings is 3. The third-order valence-electron chi connectivity index (χ3n) is 4.98. The Morgan fingerprint density at radius 1 is 0.939 bits per heavy atom. The second kappa shape index (κ2) is 9.02. The Labute approximate surface area is 203 Å². The van der Waals surface area contributed by atoms with E-state index in [1.165, 1.54) is 11.8 Å². The van der Waals surface area contributed by atoms with Gasteiger partial charge in [-0.1, -0.05) is 53.2 Å². The number of hydrogen-bond acceptors (Lipinski definition) is 6. The predicted molar refractivity (Wildman–Crippen MR) is 131 cm³/mol. The van der Waals surface area contributed by atoms with Crippen LogP contribution in [0.15, 0.2) is 87.2 Å². The first-order chi connectivity index (χ1) is 16.0. The van der Waals surface area contributed by atoms with Crippen molar-refractivity contribution in [3.05, 3.63) is 99.1 Å². The van der Waals surface area contributed by atoms with Gasteiger partial charge in [-0.15, -0.1) is 10.2 Å². The lowest BCUT2D eigenvalue weighted by molar-refractivity contribution is 0.508. The van der Waals surface area contributed by atoms with Crippen molar-refractivity contribution in [2.45, 2.75) is 17.3 Å². The summed E-state index contributed by atoms with van der Waals surface area (Å²) in [6.45, 7) is 1.92. The van der Waals surface area contributed by atoms with E-state index in [1.807, 2.05) is 37.3 Å². The van der Waals surface area contributed by atoms with E-state index >= 15 is 0 Å². The minimum absolute atomic E-state index is 0.204. The van der Waals surface area contributed by atoms with E-state index in [-0.39, 0.29) is 10.8 Å². The summed E-state index contributed by atoms with van der Waals surface area (Å²) in [5.74, 6) is 0.869. The van der Waals surface area contributed by atoms with E-state index in [2.05, 4.69) is 10.2 Å². The molecule has 0 saturated heterocycles. The molecule has 0 aliphatic rings. The van der Waals surface area contributed by atoms with Crippen LogP contribution in [0.5, 0.6) is 0 Å². The highest BCUT2D eigenvalue weighted by Gasteiger charge is 2.21. The summed E-state index contributed by atoms with van der Waals surface area (Å²) in [7, 11) is 0. The first kappa shape index (κ1) is 21.7. The van der Waals surface area contributed by atoms with E-state index in [1.54, 1.807) is 47.0 Å². The molecule has 33 heavy (non-hydrogen) atoms. The normalized spacial score (nSPS) is 12.2. The van der Waals surface area contributed by atoms with E-state index in [0.29, 0.717) is 43.6 Å². The standard InChI is InChI=1S/C24H16Cl2N4O2S/c1-14(21-28-29-22(32-21)15-5-3-2-4-6-15)33-24-27-20-13-17(26)9-12-19(20)23(31)30(24)18-10-7-16(25)8-11-18/h2-14H,1H3. The van der Waals surface area contributed by atoms with Crippen LogP contribution in [0.4, 0.5) is 0 Å². The first-order valence-electron chi connectivity index (χ1n) is 10.0. The summed E-state index contributed by atoms with van der Waals surface area (Å²) in [6.07, 6.45) is 0. The Hall–Kier alpha value is -3.13. The second-order valence-electron chi connectivity index (χ2n) is 7.24. The minimum atomic E-state index is -0.267. The predicted octanol–water partition coefficient (Wildman–Crippen LogP) is 6.60. The highest BCUT2D eigenvalue weighted by atomic mass is 35.5. The van der Waals surface area contributed by atoms with Gasteiger partial charge in [-0.25, -0.2) is 4.98 Å². The molecule has 5 rings (SSSR count). The molecule has 0 aliphatic carbocycles. The number of aromatic nitrogens is 4. The van der Waals surface area contributed by atoms with Crippen LogP contribution in [0.2, 0.25) is 10.0 Å². The molecule has 2 heterocycles. The topological polar surface area (TPSA) is 73.8 Å². The lowest BCUT2D eigenvalue weighted by Crippen LogP contribution is -2.22. The number of thioether (sulfide) groups is 1. The molecule has 0 aliphatic heterocycles. The molecule has 0 saturated carbocycles. The van der Waals surface area contributed by atoms with Crippen LogP contribution in [0.1, 0.15) is 18.1 Å². The van der Waals surface area contributed by atoms with Gasteiger partial charge in [0.25, 0.3) is 5.56 Å². The lowest BCUT2D eigenvalue weighted by atomic mass is 10.2. The van der Waals surface area contributed by atoms with E-state index in [9.17, 15) is 4.79 Å². The van der Waals surface area contributed by atoms with Crippen molar-refractivity contribution < 1.29 is 4.42 Å². The SMILES string of the molecule is CC(Sc1nc2cc(Cl)ccc2c(=O)n1-c1ccc(Cl)cc1)c1nnc(-c2ccccc2)o1. The zero-order chi connectivity index (χ0) is 22.9. The van der Waals surface area contributed by atoms with Crippen molar-refractivity contribution >= 4 is 45.9 Å². The first-order valence-corrected chi connectivity index (χ1v) is 11.7. The van der Waals surface area contributed by atoms with Crippen molar-refractivity contribution in [2.75, 3.05) is 0 Å². The molecule has 5 aromatic rings. The van der Waals surface area contributed by atoms with Crippen LogP contribution in [-0.2, 0) is 0 Å². The Bertz CT molecular complexity index is 1500. The van der Waals surface area contributed by atoms with Crippen LogP contribution in [0.3, 0.4) is 0 Å². The van der Waals surface area contributed by atoms with Gasteiger partial charge in [0, 0.05) is 15.6 Å². The largest absolute Gasteiger partial charge is 0.419 e. The molecule has 0 amide bonds. The van der Waals surface area contributed by atoms with Crippen molar-refractivity contribution in [2.24, 2.45) is 0 Å². The van der Waals surface area contributed by atoms with Crippen LogP contribution < -0.4 is 5.56 Å². The number of hydrogen-bond donors (Lipinski definition) is 0.